The number of hydrogen-bond donors (Lipinski definition) is 0. The Bertz CT molecular complexity index is 3960. The van der Waals surface area contributed by atoms with Crippen molar-refractivity contribution in [1.82, 2.24) is 19.9 Å². The summed E-state index contributed by atoms with van der Waals surface area (Å²) >= 11 is 0. The maximum Gasteiger partial charge on any atom is 0.164 e. The van der Waals surface area contributed by atoms with Crippen molar-refractivity contribution in [3.63, 3.8) is 0 Å². The van der Waals surface area contributed by atoms with Gasteiger partial charge in [0, 0.05) is 54.7 Å². The fourth-order valence-corrected chi connectivity index (χ4v) is 9.76. The predicted octanol–water partition coefficient (Wildman–Crippen LogP) is 16.8. The van der Waals surface area contributed by atoms with Gasteiger partial charge in [-0.1, -0.05) is 206 Å². The number of furan rings is 1. The van der Waals surface area contributed by atoms with Crippen molar-refractivity contribution in [3.8, 4) is 89.9 Å². The van der Waals surface area contributed by atoms with Crippen LogP contribution in [0.25, 0.3) is 134 Å². The first kappa shape index (κ1) is 40.0. The number of rotatable bonds is 8. The monoisotopic (exact) mass is 880 g/mol. The summed E-state index contributed by atoms with van der Waals surface area (Å²) in [7, 11) is 0. The largest absolute Gasteiger partial charge is 0.456 e. The first-order valence-corrected chi connectivity index (χ1v) is 23.2. The molecule has 0 atom stereocenters. The molecule has 0 bridgehead atoms. The Balaban J connectivity index is 0.899. The zero-order chi connectivity index (χ0) is 45.7. The summed E-state index contributed by atoms with van der Waals surface area (Å²) in [6, 6.07) is 84.6. The molecule has 69 heavy (non-hydrogen) atoms. The number of para-hydroxylation sites is 2. The Labute approximate surface area is 398 Å². The molecule has 0 N–H and O–H groups in total. The van der Waals surface area contributed by atoms with Crippen LogP contribution in [0.15, 0.2) is 247 Å². The Hall–Kier alpha value is -9.32. The van der Waals surface area contributed by atoms with Gasteiger partial charge in [-0.05, 0) is 75.3 Å². The number of nitrogens with zero attached hydrogens (tertiary/aromatic N) is 4. The topological polar surface area (TPSA) is 64.7 Å². The molecule has 0 aliphatic rings. The highest BCUT2D eigenvalue weighted by Crippen LogP contribution is 2.46. The molecule has 5 nitrogen and oxygen atoms in total. The van der Waals surface area contributed by atoms with Crippen LogP contribution in [0.3, 0.4) is 0 Å². The third kappa shape index (κ3) is 7.30. The minimum absolute atomic E-state index is 0.606. The van der Waals surface area contributed by atoms with E-state index in [2.05, 4.69) is 188 Å². The normalized spacial score (nSPS) is 11.5. The van der Waals surface area contributed by atoms with Crippen LogP contribution in [0.2, 0.25) is 0 Å². The second-order valence-electron chi connectivity index (χ2n) is 17.3. The Morgan fingerprint density at radius 3 is 1.26 bits per heavy atom. The molecule has 0 spiro atoms. The van der Waals surface area contributed by atoms with Gasteiger partial charge in [-0.3, -0.25) is 0 Å². The second-order valence-corrected chi connectivity index (χ2v) is 17.3. The number of benzene rings is 10. The minimum atomic E-state index is 0.606. The Morgan fingerprint density at radius 2 is 0.667 bits per heavy atom. The van der Waals surface area contributed by atoms with Gasteiger partial charge in [0.2, 0.25) is 0 Å². The van der Waals surface area contributed by atoms with Crippen molar-refractivity contribution in [2.24, 2.45) is 0 Å². The molecular weight excluding hydrogens is 841 g/mol. The molecular formula is C64H40N4O. The lowest BCUT2D eigenvalue weighted by molar-refractivity contribution is 0.669. The smallest absolute Gasteiger partial charge is 0.164 e. The molecule has 0 amide bonds. The average Bonchev–Trinajstić information content (AvgIpc) is 3.81. The second kappa shape index (κ2) is 16.8. The molecule has 0 aliphatic carbocycles. The molecule has 0 saturated carbocycles. The van der Waals surface area contributed by atoms with E-state index in [0.717, 1.165) is 116 Å². The van der Waals surface area contributed by atoms with Crippen LogP contribution in [0, 0.1) is 0 Å². The summed E-state index contributed by atoms with van der Waals surface area (Å²) in [4.78, 5) is 20.7. The number of aromatic nitrogens is 4. The van der Waals surface area contributed by atoms with Gasteiger partial charge in [-0.2, -0.15) is 0 Å². The van der Waals surface area contributed by atoms with E-state index in [0.29, 0.717) is 17.5 Å². The fourth-order valence-electron chi connectivity index (χ4n) is 9.76. The van der Waals surface area contributed by atoms with E-state index >= 15 is 0 Å². The molecule has 13 aromatic rings. The molecule has 0 aliphatic heterocycles. The van der Waals surface area contributed by atoms with Crippen LogP contribution >= 0.6 is 0 Å². The summed E-state index contributed by atoms with van der Waals surface area (Å²) in [6.45, 7) is 0. The molecule has 3 aromatic heterocycles. The van der Waals surface area contributed by atoms with Gasteiger partial charge in [-0.15, -0.1) is 0 Å². The molecule has 0 unspecified atom stereocenters. The van der Waals surface area contributed by atoms with Crippen molar-refractivity contribution < 1.29 is 4.42 Å². The lowest BCUT2D eigenvalue weighted by Gasteiger charge is -2.16. The van der Waals surface area contributed by atoms with E-state index in [1.165, 1.54) is 0 Å². The first-order valence-electron chi connectivity index (χ1n) is 23.2. The van der Waals surface area contributed by atoms with Crippen LogP contribution in [-0.4, -0.2) is 19.9 Å². The lowest BCUT2D eigenvalue weighted by atomic mass is 9.89. The van der Waals surface area contributed by atoms with Crippen molar-refractivity contribution >= 4 is 43.6 Å². The van der Waals surface area contributed by atoms with Crippen LogP contribution in [-0.2, 0) is 0 Å². The third-order valence-electron chi connectivity index (χ3n) is 13.1. The highest BCUT2D eigenvalue weighted by molar-refractivity contribution is 6.27. The summed E-state index contributed by atoms with van der Waals surface area (Å²) in [5, 5.41) is 5.54. The fraction of sp³-hybridized carbons (Fsp3) is 0. The van der Waals surface area contributed by atoms with Gasteiger partial charge >= 0.3 is 0 Å². The SMILES string of the molecule is c1ccc(-c2cc(-c3ccccc3)cc(-c3nc(-c4ccccc4)nc(-c4ccc(-c5ccc(-c6nc7ccccc7c7c(-c8ccccc8)c8c(cc67)oc6ccccc68)cc5)cc4)n3)c2)cc1. The number of fused-ring (bicyclic) bond motifs is 6. The van der Waals surface area contributed by atoms with Crippen LogP contribution in [0.5, 0.6) is 0 Å². The van der Waals surface area contributed by atoms with E-state index in [9.17, 15) is 0 Å². The average molecular weight is 881 g/mol. The van der Waals surface area contributed by atoms with Gasteiger partial charge < -0.3 is 4.42 Å². The van der Waals surface area contributed by atoms with Gasteiger partial charge in [0.15, 0.2) is 17.5 Å². The third-order valence-corrected chi connectivity index (χ3v) is 13.1. The van der Waals surface area contributed by atoms with E-state index < -0.39 is 0 Å². The lowest BCUT2D eigenvalue weighted by Crippen LogP contribution is -2.00. The highest BCUT2D eigenvalue weighted by atomic mass is 16.3. The minimum Gasteiger partial charge on any atom is -0.456 e. The van der Waals surface area contributed by atoms with E-state index in [-0.39, 0.29) is 0 Å². The quantitative estimate of drug-likeness (QED) is 0.142. The molecule has 10 aromatic carbocycles. The molecule has 322 valence electrons. The molecule has 0 saturated heterocycles. The van der Waals surface area contributed by atoms with Crippen LogP contribution in [0.4, 0.5) is 0 Å². The van der Waals surface area contributed by atoms with Gasteiger partial charge in [0.25, 0.3) is 0 Å². The predicted molar refractivity (Wildman–Crippen MR) is 283 cm³/mol. The Morgan fingerprint density at radius 1 is 0.246 bits per heavy atom. The van der Waals surface area contributed by atoms with Crippen LogP contribution in [0.1, 0.15) is 0 Å². The van der Waals surface area contributed by atoms with E-state index in [4.69, 9.17) is 24.4 Å². The molecule has 3 heterocycles. The molecule has 0 radical (unpaired) electrons. The number of pyridine rings is 1. The maximum atomic E-state index is 6.60. The van der Waals surface area contributed by atoms with Crippen LogP contribution < -0.4 is 0 Å². The van der Waals surface area contributed by atoms with Crippen molar-refractivity contribution in [1.29, 1.82) is 0 Å². The summed E-state index contributed by atoms with van der Waals surface area (Å²) < 4.78 is 6.60. The van der Waals surface area contributed by atoms with E-state index in [1.54, 1.807) is 0 Å². The number of hydrogen-bond acceptors (Lipinski definition) is 5. The molecule has 5 heteroatoms. The van der Waals surface area contributed by atoms with Crippen molar-refractivity contribution in [2.45, 2.75) is 0 Å². The summed E-state index contributed by atoms with van der Waals surface area (Å²) in [5.74, 6) is 1.84. The first-order chi connectivity index (χ1) is 34.2. The maximum absolute atomic E-state index is 6.60. The van der Waals surface area contributed by atoms with Gasteiger partial charge in [-0.25, -0.2) is 19.9 Å². The zero-order valence-electron chi connectivity index (χ0n) is 37.3. The molecule has 13 rings (SSSR count). The Kier molecular flexibility index (Phi) is 9.76. The zero-order valence-corrected chi connectivity index (χ0v) is 37.3. The standard InChI is InChI=1S/C64H40N4O/c1-5-17-41(18-6-1)49-37-50(42-19-7-2-8-20-42)39-51(38-49)64-67-62(47-23-11-4-12-24-47)66-63(68-64)48-35-31-44(32-36-48)43-29-33-46(34-30-43)61-54-40-57-60(53-26-14-16-28-56(53)69-57)58(45-21-9-3-10-22-45)59(54)52-25-13-15-27-55(52)65-61/h1-40H. The molecule has 0 fully saturated rings. The summed E-state index contributed by atoms with van der Waals surface area (Å²) in [5.41, 5.74) is 16.2. The van der Waals surface area contributed by atoms with Gasteiger partial charge in [0.05, 0.1) is 11.2 Å². The highest BCUT2D eigenvalue weighted by Gasteiger charge is 2.22. The van der Waals surface area contributed by atoms with Crippen molar-refractivity contribution in [3.05, 3.63) is 243 Å². The van der Waals surface area contributed by atoms with Gasteiger partial charge in [0.1, 0.15) is 11.2 Å². The summed E-state index contributed by atoms with van der Waals surface area (Å²) in [6.07, 6.45) is 0. The van der Waals surface area contributed by atoms with E-state index in [1.807, 2.05) is 54.6 Å². The van der Waals surface area contributed by atoms with Crippen molar-refractivity contribution in [2.75, 3.05) is 0 Å².